The predicted octanol–water partition coefficient (Wildman–Crippen LogP) is 2.11. The lowest BCUT2D eigenvalue weighted by atomic mass is 10.4. The summed E-state index contributed by atoms with van der Waals surface area (Å²) in [7, 11) is 1.45. The van der Waals surface area contributed by atoms with Gasteiger partial charge in [0.2, 0.25) is 0 Å². The molecule has 0 N–H and O–H groups in total. The molecular weight excluding hydrogens is 156 g/mol. The van der Waals surface area contributed by atoms with Crippen molar-refractivity contribution < 1.29 is 9.53 Å². The third-order valence-corrected chi connectivity index (χ3v) is 0.534. The molecule has 0 amide bonds. The molecule has 0 heterocycles. The monoisotopic (exact) mass is 173 g/mol. The van der Waals surface area contributed by atoms with Crippen LogP contribution in [0.25, 0.3) is 0 Å². The van der Waals surface area contributed by atoms with Gasteiger partial charge in [0.15, 0.2) is 0 Å². The second-order valence-electron chi connectivity index (χ2n) is 2.77. The van der Waals surface area contributed by atoms with Crippen molar-refractivity contribution in [3.05, 3.63) is 12.2 Å². The summed E-state index contributed by atoms with van der Waals surface area (Å²) in [5.74, 6) is -0.347. The van der Waals surface area contributed by atoms with Gasteiger partial charge in [-0.3, -0.25) is 0 Å². The molecule has 0 fully saturated rings. The highest BCUT2D eigenvalue weighted by Gasteiger charge is 1.95. The Bertz CT molecular complexity index is 127. The molecule has 0 atom stereocenters. The van der Waals surface area contributed by atoms with Crippen molar-refractivity contribution in [2.75, 3.05) is 7.11 Å². The van der Waals surface area contributed by atoms with Crippen molar-refractivity contribution in [1.82, 2.24) is 0 Å². The number of esters is 1. The molecule has 3 heteroatoms. The van der Waals surface area contributed by atoms with Gasteiger partial charge in [-0.15, -0.1) is 0 Å². The number of methoxy groups -OCH3 is 1. The zero-order valence-electron chi connectivity index (χ0n) is 8.02. The van der Waals surface area contributed by atoms with E-state index in [1.165, 1.54) is 7.11 Å². The number of carbonyl (C=O) groups is 1. The number of carbonyl (C=O) groups excluding carboxylic acids is 1. The van der Waals surface area contributed by atoms with Crippen molar-refractivity contribution in [1.29, 1.82) is 0 Å². The Labute approximate surface area is 70.9 Å². The van der Waals surface area contributed by atoms with E-state index >= 15 is 0 Å². The summed E-state index contributed by atoms with van der Waals surface area (Å²) in [4.78, 5) is 10.2. The van der Waals surface area contributed by atoms with Crippen LogP contribution in [0, 0.1) is 0 Å². The molecule has 0 bridgehead atoms. The molecular formula is C8H17O2Si. The molecule has 0 aromatic carbocycles. The Hall–Kier alpha value is -0.573. The minimum absolute atomic E-state index is 0.120. The van der Waals surface area contributed by atoms with E-state index in [2.05, 4.69) is 31.0 Å². The van der Waals surface area contributed by atoms with E-state index < -0.39 is 0 Å². The minimum Gasteiger partial charge on any atom is -0.466 e. The van der Waals surface area contributed by atoms with Gasteiger partial charge >= 0.3 is 5.97 Å². The number of rotatable bonds is 1. The molecule has 0 unspecified atom stereocenters. The van der Waals surface area contributed by atoms with Crippen LogP contribution >= 0.6 is 0 Å². The van der Waals surface area contributed by atoms with Crippen LogP contribution in [0.2, 0.25) is 19.6 Å². The van der Waals surface area contributed by atoms with Crippen LogP contribution in [0.1, 0.15) is 6.92 Å². The molecule has 65 valence electrons. The number of ether oxygens (including phenoxy) is 1. The van der Waals surface area contributed by atoms with E-state index in [9.17, 15) is 4.79 Å². The van der Waals surface area contributed by atoms with Crippen LogP contribution in [0.3, 0.4) is 0 Å². The first-order chi connectivity index (χ1) is 4.91. The van der Waals surface area contributed by atoms with Gasteiger partial charge in [0.25, 0.3) is 0 Å². The van der Waals surface area contributed by atoms with Crippen molar-refractivity contribution in [2.45, 2.75) is 26.6 Å². The standard InChI is InChI=1S/C5H8O2.C3H9Si/c1-4(2)5(6)7-3;1-4(2)3/h1H2,2-3H3;1-3H3. The van der Waals surface area contributed by atoms with Gasteiger partial charge in [0.05, 0.1) is 7.11 Å². The summed E-state index contributed by atoms with van der Waals surface area (Å²) in [5.41, 5.74) is 0.433. The normalized spacial score (nSPS) is 8.18. The van der Waals surface area contributed by atoms with Crippen LogP contribution in [0.15, 0.2) is 12.2 Å². The molecule has 0 aliphatic heterocycles. The summed E-state index contributed by atoms with van der Waals surface area (Å²) >= 11 is 0. The third kappa shape index (κ3) is 17.7. The Morgan fingerprint density at radius 3 is 1.64 bits per heavy atom. The van der Waals surface area contributed by atoms with E-state index in [1.807, 2.05) is 0 Å². The van der Waals surface area contributed by atoms with Crippen molar-refractivity contribution in [3.63, 3.8) is 0 Å². The Kier molecular flexibility index (Phi) is 8.94. The quantitative estimate of drug-likeness (QED) is 0.345. The van der Waals surface area contributed by atoms with Gasteiger partial charge in [-0.05, 0) is 6.92 Å². The maximum atomic E-state index is 10.2. The maximum absolute atomic E-state index is 10.2. The van der Waals surface area contributed by atoms with Gasteiger partial charge < -0.3 is 4.74 Å². The van der Waals surface area contributed by atoms with Crippen molar-refractivity contribution in [3.8, 4) is 0 Å². The summed E-state index contributed by atoms with van der Waals surface area (Å²) in [6.07, 6.45) is 0. The summed E-state index contributed by atoms with van der Waals surface area (Å²) < 4.78 is 4.27. The molecule has 0 aliphatic carbocycles. The highest BCUT2D eigenvalue weighted by atomic mass is 28.3. The van der Waals surface area contributed by atoms with Crippen LogP contribution in [0.5, 0.6) is 0 Å². The second-order valence-corrected chi connectivity index (χ2v) is 5.77. The SMILES string of the molecule is C=C(C)C(=O)OC.C[Si](C)C. The van der Waals surface area contributed by atoms with E-state index in [0.29, 0.717) is 5.57 Å². The number of hydrogen-bond acceptors (Lipinski definition) is 2. The summed E-state index contributed by atoms with van der Waals surface area (Å²) in [6, 6.07) is 0. The van der Waals surface area contributed by atoms with Gasteiger partial charge in [-0.2, -0.15) is 0 Å². The summed E-state index contributed by atoms with van der Waals surface area (Å²) in [5, 5.41) is 0. The Morgan fingerprint density at radius 2 is 1.64 bits per heavy atom. The van der Waals surface area contributed by atoms with Crippen LogP contribution in [0.4, 0.5) is 0 Å². The molecule has 0 aliphatic rings. The lowest BCUT2D eigenvalue weighted by Gasteiger charge is -1.91. The molecule has 1 radical (unpaired) electrons. The molecule has 0 saturated carbocycles. The minimum atomic E-state index is -0.347. The van der Waals surface area contributed by atoms with Crippen LogP contribution in [-0.2, 0) is 9.53 Å². The Balaban J connectivity index is 0. The molecule has 0 aromatic heterocycles. The van der Waals surface area contributed by atoms with Crippen molar-refractivity contribution >= 4 is 14.8 Å². The Morgan fingerprint density at radius 1 is 1.36 bits per heavy atom. The predicted molar refractivity (Wildman–Crippen MR) is 50.2 cm³/mol. The van der Waals surface area contributed by atoms with Crippen LogP contribution < -0.4 is 0 Å². The fraction of sp³-hybridized carbons (Fsp3) is 0.625. The molecule has 0 spiro atoms. The lowest BCUT2D eigenvalue weighted by Crippen LogP contribution is -1.98. The smallest absolute Gasteiger partial charge is 0.332 e. The average molecular weight is 173 g/mol. The van der Waals surface area contributed by atoms with Crippen LogP contribution in [-0.4, -0.2) is 21.9 Å². The van der Waals surface area contributed by atoms with E-state index in [-0.39, 0.29) is 14.8 Å². The largest absolute Gasteiger partial charge is 0.466 e. The first-order valence-corrected chi connectivity index (χ1v) is 6.42. The van der Waals surface area contributed by atoms with E-state index in [1.54, 1.807) is 6.92 Å². The first-order valence-electron chi connectivity index (χ1n) is 3.42. The van der Waals surface area contributed by atoms with Gasteiger partial charge in [0, 0.05) is 14.4 Å². The summed E-state index contributed by atoms with van der Waals surface area (Å²) in [6.45, 7) is 11.8. The van der Waals surface area contributed by atoms with E-state index in [4.69, 9.17) is 0 Å². The van der Waals surface area contributed by atoms with Gasteiger partial charge in [0.1, 0.15) is 0 Å². The molecule has 11 heavy (non-hydrogen) atoms. The topological polar surface area (TPSA) is 26.3 Å². The van der Waals surface area contributed by atoms with Crippen molar-refractivity contribution in [2.24, 2.45) is 0 Å². The highest BCUT2D eigenvalue weighted by molar-refractivity contribution is 6.54. The fourth-order valence-electron chi connectivity index (χ4n) is 0.174. The molecule has 0 rings (SSSR count). The van der Waals surface area contributed by atoms with Gasteiger partial charge in [-0.1, -0.05) is 26.2 Å². The number of hydrogen-bond donors (Lipinski definition) is 0. The molecule has 0 aromatic rings. The molecule has 2 nitrogen and oxygen atoms in total. The molecule has 0 saturated heterocycles. The maximum Gasteiger partial charge on any atom is 0.332 e. The first kappa shape index (κ1) is 13.0. The zero-order valence-corrected chi connectivity index (χ0v) is 9.02. The second kappa shape index (κ2) is 7.53. The lowest BCUT2D eigenvalue weighted by molar-refractivity contribution is -0.136. The van der Waals surface area contributed by atoms with E-state index in [0.717, 1.165) is 0 Å². The highest BCUT2D eigenvalue weighted by Crippen LogP contribution is 1.87. The van der Waals surface area contributed by atoms with Gasteiger partial charge in [-0.25, -0.2) is 4.79 Å². The average Bonchev–Trinajstić information content (AvgIpc) is 1.85. The zero-order chi connectivity index (χ0) is 9.44. The fourth-order valence-corrected chi connectivity index (χ4v) is 0.174. The third-order valence-electron chi connectivity index (χ3n) is 0.534.